The number of nitrogens with two attached hydrogens (primary N) is 1. The molecule has 0 saturated carbocycles. The van der Waals surface area contributed by atoms with E-state index in [4.69, 9.17) is 22.4 Å². The lowest BCUT2D eigenvalue weighted by Crippen LogP contribution is -2.14. The lowest BCUT2D eigenvalue weighted by Gasteiger charge is -2.11. The summed E-state index contributed by atoms with van der Waals surface area (Å²) in [7, 11) is 1.90. The number of nitrogens with zero attached hydrogens (tertiary/aromatic N) is 2. The lowest BCUT2D eigenvalue weighted by molar-refractivity contribution is 0.268. The van der Waals surface area contributed by atoms with Gasteiger partial charge in [-0.05, 0) is 17.7 Å². The average molecular weight is 252 g/mol. The van der Waals surface area contributed by atoms with E-state index in [1.54, 1.807) is 12.3 Å². The van der Waals surface area contributed by atoms with Crippen molar-refractivity contribution in [3.8, 4) is 11.4 Å². The molecule has 0 fully saturated rings. The number of hydrogen-bond acceptors (Lipinski definition) is 3. The molecule has 0 spiro atoms. The zero-order valence-corrected chi connectivity index (χ0v) is 10.2. The van der Waals surface area contributed by atoms with Crippen LogP contribution in [-0.2, 0) is 7.05 Å². The maximum atomic E-state index is 9.05. The number of hydrogen-bond donors (Lipinski definition) is 2. The van der Waals surface area contributed by atoms with Gasteiger partial charge in [0.2, 0.25) is 0 Å². The van der Waals surface area contributed by atoms with Crippen molar-refractivity contribution < 1.29 is 5.11 Å². The third-order valence-corrected chi connectivity index (χ3v) is 3.01. The van der Waals surface area contributed by atoms with Gasteiger partial charge < -0.3 is 15.4 Å². The van der Waals surface area contributed by atoms with Crippen LogP contribution < -0.4 is 5.73 Å². The van der Waals surface area contributed by atoms with Crippen LogP contribution in [0, 0.1) is 0 Å². The quantitative estimate of drug-likeness (QED) is 0.873. The van der Waals surface area contributed by atoms with E-state index in [0.29, 0.717) is 5.02 Å². The van der Waals surface area contributed by atoms with Crippen LogP contribution in [0.4, 0.5) is 0 Å². The third kappa shape index (κ3) is 2.34. The molecule has 2 rings (SSSR count). The molecule has 3 N–H and O–H groups in total. The summed E-state index contributed by atoms with van der Waals surface area (Å²) in [5.41, 5.74) is 7.45. The van der Waals surface area contributed by atoms with Gasteiger partial charge in [0.1, 0.15) is 5.82 Å². The summed E-state index contributed by atoms with van der Waals surface area (Å²) >= 11 is 6.15. The van der Waals surface area contributed by atoms with E-state index in [9.17, 15) is 0 Å². The van der Waals surface area contributed by atoms with Crippen LogP contribution in [-0.4, -0.2) is 21.3 Å². The first-order valence-corrected chi connectivity index (χ1v) is 5.65. The minimum absolute atomic E-state index is 0.0956. The van der Waals surface area contributed by atoms with Crippen LogP contribution in [0.15, 0.2) is 30.6 Å². The standard InChI is InChI=1S/C12H14ClN3O/c1-16-5-4-15-12(16)9-6-8(11(14)7-17)2-3-10(9)13/h2-6,11,17H,7,14H2,1H3. The highest BCUT2D eigenvalue weighted by molar-refractivity contribution is 6.33. The van der Waals surface area contributed by atoms with Crippen molar-refractivity contribution in [1.29, 1.82) is 0 Å². The molecule has 0 bridgehead atoms. The summed E-state index contributed by atoms with van der Waals surface area (Å²) in [4.78, 5) is 4.25. The number of benzene rings is 1. The second-order valence-corrected chi connectivity index (χ2v) is 4.30. The number of halogens is 1. The minimum Gasteiger partial charge on any atom is -0.394 e. The SMILES string of the molecule is Cn1ccnc1-c1cc(C(N)CO)ccc1Cl. The van der Waals surface area contributed by atoms with E-state index in [1.807, 2.05) is 29.9 Å². The van der Waals surface area contributed by atoms with Crippen LogP contribution in [0.2, 0.25) is 5.02 Å². The van der Waals surface area contributed by atoms with Gasteiger partial charge in [-0.15, -0.1) is 0 Å². The Hall–Kier alpha value is -1.36. The number of aliphatic hydroxyl groups is 1. The molecule has 1 aromatic heterocycles. The van der Waals surface area contributed by atoms with Gasteiger partial charge in [0.25, 0.3) is 0 Å². The lowest BCUT2D eigenvalue weighted by atomic mass is 10.0. The highest BCUT2D eigenvalue weighted by Crippen LogP contribution is 2.28. The summed E-state index contributed by atoms with van der Waals surface area (Å²) < 4.78 is 1.88. The van der Waals surface area contributed by atoms with Gasteiger partial charge in [-0.3, -0.25) is 0 Å². The maximum absolute atomic E-state index is 9.05. The number of aromatic nitrogens is 2. The summed E-state index contributed by atoms with van der Waals surface area (Å²) in [6.45, 7) is -0.0956. The zero-order valence-electron chi connectivity index (χ0n) is 9.47. The van der Waals surface area contributed by atoms with Crippen molar-refractivity contribution in [3.63, 3.8) is 0 Å². The Morgan fingerprint density at radius 2 is 2.29 bits per heavy atom. The predicted octanol–water partition coefficient (Wildman–Crippen LogP) is 1.73. The molecule has 90 valence electrons. The van der Waals surface area contributed by atoms with Crippen molar-refractivity contribution in [2.75, 3.05) is 6.61 Å². The summed E-state index contributed by atoms with van der Waals surface area (Å²) in [5.74, 6) is 0.780. The van der Waals surface area contributed by atoms with Crippen molar-refractivity contribution in [3.05, 3.63) is 41.2 Å². The Labute approximate surface area is 105 Å². The minimum atomic E-state index is -0.397. The molecular weight excluding hydrogens is 238 g/mol. The number of imidazole rings is 1. The van der Waals surface area contributed by atoms with Gasteiger partial charge in [0.05, 0.1) is 17.7 Å². The van der Waals surface area contributed by atoms with Crippen molar-refractivity contribution >= 4 is 11.6 Å². The normalized spacial score (nSPS) is 12.7. The monoisotopic (exact) mass is 251 g/mol. The van der Waals surface area contributed by atoms with Gasteiger partial charge in [-0.25, -0.2) is 4.98 Å². The number of rotatable bonds is 3. The molecule has 0 amide bonds. The Morgan fingerprint density at radius 1 is 1.53 bits per heavy atom. The van der Waals surface area contributed by atoms with E-state index < -0.39 is 6.04 Å². The molecule has 5 heteroatoms. The molecule has 0 saturated heterocycles. The fraction of sp³-hybridized carbons (Fsp3) is 0.250. The molecule has 4 nitrogen and oxygen atoms in total. The predicted molar refractivity (Wildman–Crippen MR) is 67.7 cm³/mol. The largest absolute Gasteiger partial charge is 0.394 e. The average Bonchev–Trinajstić information content (AvgIpc) is 2.75. The van der Waals surface area contributed by atoms with Crippen molar-refractivity contribution in [2.45, 2.75) is 6.04 Å². The maximum Gasteiger partial charge on any atom is 0.141 e. The van der Waals surface area contributed by atoms with Gasteiger partial charge in [-0.2, -0.15) is 0 Å². The molecule has 2 aromatic rings. The molecule has 17 heavy (non-hydrogen) atoms. The molecule has 0 radical (unpaired) electrons. The molecule has 0 aliphatic heterocycles. The van der Waals surface area contributed by atoms with Crippen molar-refractivity contribution in [2.24, 2.45) is 12.8 Å². The third-order valence-electron chi connectivity index (χ3n) is 2.68. The second-order valence-electron chi connectivity index (χ2n) is 3.89. The highest BCUT2D eigenvalue weighted by Gasteiger charge is 2.12. The molecule has 0 aliphatic carbocycles. The molecule has 1 atom stereocenters. The first-order valence-electron chi connectivity index (χ1n) is 5.27. The zero-order chi connectivity index (χ0) is 12.4. The van der Waals surface area contributed by atoms with E-state index in [0.717, 1.165) is 17.0 Å². The van der Waals surface area contributed by atoms with Crippen LogP contribution >= 0.6 is 11.6 Å². The summed E-state index contributed by atoms with van der Waals surface area (Å²) in [6.07, 6.45) is 3.56. The Kier molecular flexibility index (Phi) is 3.47. The molecule has 1 heterocycles. The summed E-state index contributed by atoms with van der Waals surface area (Å²) in [5, 5.41) is 9.67. The molecule has 0 aliphatic rings. The summed E-state index contributed by atoms with van der Waals surface area (Å²) in [6, 6.07) is 5.06. The van der Waals surface area contributed by atoms with Crippen LogP contribution in [0.3, 0.4) is 0 Å². The van der Waals surface area contributed by atoms with Crippen LogP contribution in [0.5, 0.6) is 0 Å². The topological polar surface area (TPSA) is 64.1 Å². The van der Waals surface area contributed by atoms with E-state index in [-0.39, 0.29) is 6.61 Å². The van der Waals surface area contributed by atoms with E-state index in [2.05, 4.69) is 4.98 Å². The fourth-order valence-corrected chi connectivity index (χ4v) is 1.88. The number of aryl methyl sites for hydroxylation is 1. The number of aliphatic hydroxyl groups excluding tert-OH is 1. The van der Waals surface area contributed by atoms with Gasteiger partial charge >= 0.3 is 0 Å². The van der Waals surface area contributed by atoms with Gasteiger partial charge in [0.15, 0.2) is 0 Å². The van der Waals surface area contributed by atoms with Crippen LogP contribution in [0.25, 0.3) is 11.4 Å². The second kappa shape index (κ2) is 4.87. The Bertz CT molecular complexity index is 524. The van der Waals surface area contributed by atoms with Crippen molar-refractivity contribution in [1.82, 2.24) is 9.55 Å². The van der Waals surface area contributed by atoms with Crippen LogP contribution in [0.1, 0.15) is 11.6 Å². The molecular formula is C12H14ClN3O. The first kappa shape index (κ1) is 12.1. The Morgan fingerprint density at radius 3 is 2.88 bits per heavy atom. The molecule has 1 aromatic carbocycles. The highest BCUT2D eigenvalue weighted by atomic mass is 35.5. The van der Waals surface area contributed by atoms with Gasteiger partial charge in [0, 0.05) is 25.0 Å². The Balaban J connectivity index is 2.50. The van der Waals surface area contributed by atoms with E-state index >= 15 is 0 Å². The van der Waals surface area contributed by atoms with Gasteiger partial charge in [-0.1, -0.05) is 17.7 Å². The molecule has 1 unspecified atom stereocenters. The first-order chi connectivity index (χ1) is 8.13. The smallest absolute Gasteiger partial charge is 0.141 e. The fourth-order valence-electron chi connectivity index (χ4n) is 1.68. The van der Waals surface area contributed by atoms with E-state index in [1.165, 1.54) is 0 Å².